The van der Waals surface area contributed by atoms with Crippen molar-refractivity contribution < 1.29 is 4.79 Å². The molecule has 3 saturated carbocycles. The molecule has 116 valence electrons. The first-order valence-electron chi connectivity index (χ1n) is 8.07. The normalized spacial score (nSPS) is 38.9. The maximum Gasteiger partial charge on any atom is 0.238 e. The number of nitrogens with zero attached hydrogens (tertiary/aromatic N) is 1. The Morgan fingerprint density at radius 2 is 1.86 bits per heavy atom. The Bertz CT molecular complexity index is 656. The molecule has 5 rings (SSSR count). The third-order valence-electron chi connectivity index (χ3n) is 6.55. The standard InChI is InChI=1S/C18H22N2OS/c1-17(2)11-9-13-15(21)20(12-7-5-4-6-8-12)16(22)19-18(13,3)14(17)10-11/h4-8,11,13-14H,9-10H2,1-3H3,(H,19,22)/t11-,13+,14+,18-/m1/s1. The van der Waals surface area contributed by atoms with Gasteiger partial charge in [0, 0.05) is 0 Å². The number of anilines is 1. The van der Waals surface area contributed by atoms with Gasteiger partial charge in [-0.25, -0.2) is 0 Å². The van der Waals surface area contributed by atoms with Gasteiger partial charge in [0.25, 0.3) is 0 Å². The Hall–Kier alpha value is -1.42. The molecule has 1 aliphatic heterocycles. The van der Waals surface area contributed by atoms with Crippen molar-refractivity contribution in [1.82, 2.24) is 5.32 Å². The maximum atomic E-state index is 13.2. The van der Waals surface area contributed by atoms with Crippen LogP contribution in [-0.2, 0) is 4.79 Å². The van der Waals surface area contributed by atoms with E-state index < -0.39 is 0 Å². The van der Waals surface area contributed by atoms with Crippen molar-refractivity contribution in [1.29, 1.82) is 0 Å². The number of para-hydroxylation sites is 1. The largest absolute Gasteiger partial charge is 0.356 e. The van der Waals surface area contributed by atoms with Crippen LogP contribution < -0.4 is 10.2 Å². The van der Waals surface area contributed by atoms with Crippen LogP contribution in [0.4, 0.5) is 5.69 Å². The number of hydrogen-bond donors (Lipinski definition) is 1. The van der Waals surface area contributed by atoms with Crippen LogP contribution in [0, 0.1) is 23.2 Å². The Morgan fingerprint density at radius 1 is 1.18 bits per heavy atom. The Labute approximate surface area is 137 Å². The van der Waals surface area contributed by atoms with E-state index in [4.69, 9.17) is 12.2 Å². The van der Waals surface area contributed by atoms with Gasteiger partial charge in [0.05, 0.1) is 17.1 Å². The minimum absolute atomic E-state index is 0.0242. The Balaban J connectivity index is 1.72. The first kappa shape index (κ1) is 14.2. The summed E-state index contributed by atoms with van der Waals surface area (Å²) in [5, 5.41) is 4.11. The van der Waals surface area contributed by atoms with Gasteiger partial charge in [-0.2, -0.15) is 0 Å². The summed E-state index contributed by atoms with van der Waals surface area (Å²) in [5.41, 5.74) is 0.978. The number of carbonyl (C=O) groups is 1. The highest BCUT2D eigenvalue weighted by atomic mass is 32.1. The van der Waals surface area contributed by atoms with E-state index in [0.29, 0.717) is 22.4 Å². The van der Waals surface area contributed by atoms with Gasteiger partial charge in [0.1, 0.15) is 0 Å². The van der Waals surface area contributed by atoms with E-state index in [2.05, 4.69) is 26.1 Å². The minimum Gasteiger partial charge on any atom is -0.356 e. The summed E-state index contributed by atoms with van der Waals surface area (Å²) in [6, 6.07) is 9.74. The molecule has 2 bridgehead atoms. The number of carbonyl (C=O) groups excluding carboxylic acids is 1. The fourth-order valence-electron chi connectivity index (χ4n) is 5.10. The van der Waals surface area contributed by atoms with E-state index in [0.717, 1.165) is 12.1 Å². The topological polar surface area (TPSA) is 32.3 Å². The van der Waals surface area contributed by atoms with Crippen molar-refractivity contribution in [3.8, 4) is 0 Å². The van der Waals surface area contributed by atoms with Crippen molar-refractivity contribution in [2.24, 2.45) is 23.2 Å². The van der Waals surface area contributed by atoms with Crippen LogP contribution in [0.15, 0.2) is 30.3 Å². The molecule has 1 amide bonds. The molecule has 1 aromatic rings. The molecule has 1 aromatic carbocycles. The molecule has 0 radical (unpaired) electrons. The molecule has 0 aromatic heterocycles. The van der Waals surface area contributed by atoms with Crippen molar-refractivity contribution in [2.45, 2.75) is 39.2 Å². The molecule has 4 heteroatoms. The fraction of sp³-hybridized carbons (Fsp3) is 0.556. The molecule has 4 fully saturated rings. The van der Waals surface area contributed by atoms with Gasteiger partial charge >= 0.3 is 0 Å². The molecule has 4 atom stereocenters. The summed E-state index contributed by atoms with van der Waals surface area (Å²) in [7, 11) is 0. The molecular formula is C18H22N2OS. The monoisotopic (exact) mass is 314 g/mol. The highest BCUT2D eigenvalue weighted by Crippen LogP contribution is 2.65. The lowest BCUT2D eigenvalue weighted by molar-refractivity contribution is -0.164. The number of hydrogen-bond acceptors (Lipinski definition) is 2. The molecule has 4 aliphatic rings. The van der Waals surface area contributed by atoms with Gasteiger partial charge in [-0.15, -0.1) is 0 Å². The highest BCUT2D eigenvalue weighted by molar-refractivity contribution is 7.80. The van der Waals surface area contributed by atoms with Gasteiger partial charge < -0.3 is 5.32 Å². The second-order valence-corrected chi connectivity index (χ2v) is 8.20. The van der Waals surface area contributed by atoms with Crippen molar-refractivity contribution in [2.75, 3.05) is 4.90 Å². The molecule has 1 heterocycles. The zero-order valence-corrected chi connectivity index (χ0v) is 14.1. The van der Waals surface area contributed by atoms with E-state index >= 15 is 0 Å². The molecule has 0 unspecified atom stereocenters. The smallest absolute Gasteiger partial charge is 0.238 e. The molecule has 3 nitrogen and oxygen atoms in total. The first-order valence-corrected chi connectivity index (χ1v) is 8.47. The molecule has 3 aliphatic carbocycles. The Kier molecular flexibility index (Phi) is 2.78. The van der Waals surface area contributed by atoms with Crippen LogP contribution in [0.2, 0.25) is 0 Å². The van der Waals surface area contributed by atoms with E-state index in [-0.39, 0.29) is 17.4 Å². The fourth-order valence-corrected chi connectivity index (χ4v) is 5.52. The zero-order chi connectivity index (χ0) is 15.7. The summed E-state index contributed by atoms with van der Waals surface area (Å²) in [5.74, 6) is 1.37. The quantitative estimate of drug-likeness (QED) is 0.807. The van der Waals surface area contributed by atoms with E-state index in [1.54, 1.807) is 4.90 Å². The number of rotatable bonds is 1. The van der Waals surface area contributed by atoms with Gasteiger partial charge in [0.2, 0.25) is 5.91 Å². The molecule has 1 saturated heterocycles. The SMILES string of the molecule is CC1(C)[C@@H]2C[C@H]3C(=O)N(c4ccccc4)C(=S)N[C@@]3(C)[C@H]1C2. The van der Waals surface area contributed by atoms with Crippen LogP contribution >= 0.6 is 12.2 Å². The lowest BCUT2D eigenvalue weighted by Crippen LogP contribution is -2.77. The average molecular weight is 314 g/mol. The first-order chi connectivity index (χ1) is 10.4. The van der Waals surface area contributed by atoms with Crippen molar-refractivity contribution in [3.63, 3.8) is 0 Å². The third-order valence-corrected chi connectivity index (χ3v) is 6.84. The molecule has 0 spiro atoms. The lowest BCUT2D eigenvalue weighted by atomic mass is 9.40. The molecular weight excluding hydrogens is 292 g/mol. The summed E-state index contributed by atoms with van der Waals surface area (Å²) in [4.78, 5) is 14.8. The zero-order valence-electron chi connectivity index (χ0n) is 13.3. The molecule has 1 N–H and O–H groups in total. The van der Waals surface area contributed by atoms with Crippen LogP contribution in [0.25, 0.3) is 0 Å². The lowest BCUT2D eigenvalue weighted by Gasteiger charge is -2.68. The van der Waals surface area contributed by atoms with Crippen LogP contribution in [0.3, 0.4) is 0 Å². The summed E-state index contributed by atoms with van der Waals surface area (Å²) >= 11 is 5.57. The summed E-state index contributed by atoms with van der Waals surface area (Å²) in [6.45, 7) is 6.88. The Morgan fingerprint density at radius 3 is 2.50 bits per heavy atom. The van der Waals surface area contributed by atoms with E-state index in [9.17, 15) is 4.79 Å². The second kappa shape index (κ2) is 4.31. The summed E-state index contributed by atoms with van der Waals surface area (Å²) in [6.07, 6.45) is 2.19. The summed E-state index contributed by atoms with van der Waals surface area (Å²) < 4.78 is 0. The third kappa shape index (κ3) is 1.62. The van der Waals surface area contributed by atoms with Gasteiger partial charge in [-0.3, -0.25) is 9.69 Å². The van der Waals surface area contributed by atoms with E-state index in [1.165, 1.54) is 6.42 Å². The number of nitrogens with one attached hydrogen (secondary N) is 1. The van der Waals surface area contributed by atoms with Gasteiger partial charge in [0.15, 0.2) is 5.11 Å². The number of thiocarbonyl (C=S) groups is 1. The van der Waals surface area contributed by atoms with Crippen LogP contribution in [0.5, 0.6) is 0 Å². The number of amides is 1. The number of benzene rings is 1. The highest BCUT2D eigenvalue weighted by Gasteiger charge is 2.67. The predicted molar refractivity (Wildman–Crippen MR) is 91.6 cm³/mol. The predicted octanol–water partition coefficient (Wildman–Crippen LogP) is 3.35. The molecule has 22 heavy (non-hydrogen) atoms. The second-order valence-electron chi connectivity index (χ2n) is 7.82. The van der Waals surface area contributed by atoms with Crippen molar-refractivity contribution >= 4 is 28.9 Å². The van der Waals surface area contributed by atoms with Gasteiger partial charge in [-0.05, 0) is 61.4 Å². The minimum atomic E-state index is -0.197. The van der Waals surface area contributed by atoms with E-state index in [1.807, 2.05) is 30.3 Å². The van der Waals surface area contributed by atoms with Crippen LogP contribution in [-0.4, -0.2) is 16.6 Å². The van der Waals surface area contributed by atoms with Crippen molar-refractivity contribution in [3.05, 3.63) is 30.3 Å². The maximum absolute atomic E-state index is 13.2. The average Bonchev–Trinajstić information content (AvgIpc) is 2.46. The van der Waals surface area contributed by atoms with Gasteiger partial charge in [-0.1, -0.05) is 32.0 Å². The van der Waals surface area contributed by atoms with Crippen LogP contribution in [0.1, 0.15) is 33.6 Å².